The number of para-hydroxylation sites is 1. The van der Waals surface area contributed by atoms with E-state index in [0.29, 0.717) is 18.2 Å². The summed E-state index contributed by atoms with van der Waals surface area (Å²) in [5.74, 6) is 1.91. The van der Waals surface area contributed by atoms with Crippen LogP contribution in [0.25, 0.3) is 11.5 Å². The highest BCUT2D eigenvalue weighted by Gasteiger charge is 2.27. The predicted molar refractivity (Wildman–Crippen MR) is 119 cm³/mol. The van der Waals surface area contributed by atoms with Crippen molar-refractivity contribution in [1.82, 2.24) is 34.5 Å². The summed E-state index contributed by atoms with van der Waals surface area (Å²) in [6, 6.07) is 13.5. The first-order valence-corrected chi connectivity index (χ1v) is 10.5. The second-order valence-corrected chi connectivity index (χ2v) is 7.77. The van der Waals surface area contributed by atoms with Crippen LogP contribution >= 0.6 is 0 Å². The molecule has 32 heavy (non-hydrogen) atoms. The molecule has 10 nitrogen and oxygen atoms in total. The molecular weight excluding hydrogens is 406 g/mol. The van der Waals surface area contributed by atoms with Crippen LogP contribution < -0.4 is 10.2 Å². The molecule has 1 aliphatic heterocycles. The highest BCUT2D eigenvalue weighted by Crippen LogP contribution is 2.24. The summed E-state index contributed by atoms with van der Waals surface area (Å²) in [5, 5.41) is 11.7. The Morgan fingerprint density at radius 3 is 2.75 bits per heavy atom. The molecule has 10 heteroatoms. The zero-order valence-electron chi connectivity index (χ0n) is 17.7. The topological polar surface area (TPSA) is 107 Å². The quantitative estimate of drug-likeness (QED) is 0.519. The third-order valence-electron chi connectivity index (χ3n) is 5.49. The van der Waals surface area contributed by atoms with Crippen molar-refractivity contribution in [3.05, 3.63) is 67.1 Å². The van der Waals surface area contributed by atoms with Gasteiger partial charge in [0, 0.05) is 25.2 Å². The van der Waals surface area contributed by atoms with Crippen LogP contribution in [0.2, 0.25) is 0 Å². The molecule has 4 heterocycles. The van der Waals surface area contributed by atoms with Crippen LogP contribution in [0, 0.1) is 12.8 Å². The van der Waals surface area contributed by atoms with Crippen LogP contribution in [0.15, 0.2) is 61.4 Å². The van der Waals surface area contributed by atoms with E-state index in [4.69, 9.17) is 0 Å². The van der Waals surface area contributed by atoms with E-state index in [1.54, 1.807) is 15.7 Å². The molecule has 1 aromatic carbocycles. The van der Waals surface area contributed by atoms with Gasteiger partial charge in [0.2, 0.25) is 5.91 Å². The zero-order chi connectivity index (χ0) is 21.9. The van der Waals surface area contributed by atoms with Crippen LogP contribution in [0.5, 0.6) is 0 Å². The number of hydrogen-bond donors (Lipinski definition) is 1. The largest absolute Gasteiger partial charge is 0.356 e. The van der Waals surface area contributed by atoms with E-state index in [1.807, 2.05) is 49.4 Å². The van der Waals surface area contributed by atoms with Crippen LogP contribution in [0.3, 0.4) is 0 Å². The molecule has 1 unspecified atom stereocenters. The Bertz CT molecular complexity index is 1200. The fourth-order valence-electron chi connectivity index (χ4n) is 3.94. The first-order chi connectivity index (χ1) is 15.7. The van der Waals surface area contributed by atoms with Gasteiger partial charge < -0.3 is 10.2 Å². The molecule has 5 rings (SSSR count). The summed E-state index contributed by atoms with van der Waals surface area (Å²) in [5.41, 5.74) is 1.75. The minimum Gasteiger partial charge on any atom is -0.356 e. The molecule has 1 fully saturated rings. The van der Waals surface area contributed by atoms with Gasteiger partial charge >= 0.3 is 0 Å². The lowest BCUT2D eigenvalue weighted by Gasteiger charge is -2.32. The number of carbonyl (C=O) groups is 1. The van der Waals surface area contributed by atoms with E-state index in [-0.39, 0.29) is 11.8 Å². The highest BCUT2D eigenvalue weighted by molar-refractivity contribution is 5.92. The van der Waals surface area contributed by atoms with Gasteiger partial charge in [0.15, 0.2) is 5.82 Å². The Hall–Kier alpha value is -4.08. The highest BCUT2D eigenvalue weighted by atomic mass is 16.2. The number of anilines is 2. The number of nitrogens with one attached hydrogen (secondary N) is 1. The molecule has 3 aromatic heterocycles. The normalized spacial score (nSPS) is 16.2. The Morgan fingerprint density at radius 1 is 1.09 bits per heavy atom. The Kier molecular flexibility index (Phi) is 5.32. The van der Waals surface area contributed by atoms with Crippen molar-refractivity contribution < 1.29 is 4.79 Å². The number of aryl methyl sites for hydroxylation is 1. The van der Waals surface area contributed by atoms with Crippen LogP contribution in [-0.4, -0.2) is 53.5 Å². The number of aromatic nitrogens is 7. The molecule has 1 atom stereocenters. The number of rotatable bonds is 5. The molecule has 1 aliphatic rings. The fourth-order valence-corrected chi connectivity index (χ4v) is 3.94. The SMILES string of the molecule is Cc1cc(NC(=O)C2CCCN(c3cc(-n4cncn4)ncn3)C2)n(-c2ccccc2)n1. The zero-order valence-corrected chi connectivity index (χ0v) is 17.7. The maximum absolute atomic E-state index is 13.2. The van der Waals surface area contributed by atoms with Gasteiger partial charge in [-0.1, -0.05) is 18.2 Å². The maximum Gasteiger partial charge on any atom is 0.230 e. The molecule has 0 bridgehead atoms. The lowest BCUT2D eigenvalue weighted by molar-refractivity contribution is -0.120. The number of hydrogen-bond acceptors (Lipinski definition) is 7. The summed E-state index contributed by atoms with van der Waals surface area (Å²) >= 11 is 0. The first kappa shape index (κ1) is 19.9. The van der Waals surface area contributed by atoms with E-state index in [9.17, 15) is 4.79 Å². The predicted octanol–water partition coefficient (Wildman–Crippen LogP) is 2.41. The number of amides is 1. The molecule has 0 saturated carbocycles. The van der Waals surface area contributed by atoms with E-state index in [1.165, 1.54) is 12.7 Å². The van der Waals surface area contributed by atoms with Crippen molar-refractivity contribution in [2.75, 3.05) is 23.3 Å². The smallest absolute Gasteiger partial charge is 0.230 e. The van der Waals surface area contributed by atoms with Gasteiger partial charge in [-0.25, -0.2) is 24.3 Å². The van der Waals surface area contributed by atoms with Crippen molar-refractivity contribution in [3.63, 3.8) is 0 Å². The van der Waals surface area contributed by atoms with Gasteiger partial charge in [-0.2, -0.15) is 10.2 Å². The Balaban J connectivity index is 1.32. The number of benzene rings is 1. The summed E-state index contributed by atoms with van der Waals surface area (Å²) in [7, 11) is 0. The van der Waals surface area contributed by atoms with Gasteiger partial charge in [-0.15, -0.1) is 0 Å². The third-order valence-corrected chi connectivity index (χ3v) is 5.49. The van der Waals surface area contributed by atoms with Gasteiger partial charge in [-0.3, -0.25) is 4.79 Å². The van der Waals surface area contributed by atoms with Gasteiger partial charge in [0.25, 0.3) is 0 Å². The summed E-state index contributed by atoms with van der Waals surface area (Å²) in [6.07, 6.45) is 6.29. The molecule has 0 spiro atoms. The number of carbonyl (C=O) groups excluding carboxylic acids is 1. The standard InChI is InChI=1S/C22H23N9O/c1-16-10-21(31(28-16)18-7-3-2-4-8-18)27-22(32)17-6-5-9-29(12-17)19-11-20(25-14-24-19)30-15-23-13-26-30/h2-4,7-8,10-11,13-15,17H,5-6,9,12H2,1H3,(H,27,32). The van der Waals surface area contributed by atoms with Crippen molar-refractivity contribution in [2.45, 2.75) is 19.8 Å². The fraction of sp³-hybridized carbons (Fsp3) is 0.273. The molecule has 4 aromatic rings. The average Bonchev–Trinajstić information content (AvgIpc) is 3.50. The van der Waals surface area contributed by atoms with E-state index in [0.717, 1.165) is 36.6 Å². The number of piperidine rings is 1. The molecule has 162 valence electrons. The molecule has 1 amide bonds. The van der Waals surface area contributed by atoms with Gasteiger partial charge in [0.05, 0.1) is 17.3 Å². The lowest BCUT2D eigenvalue weighted by Crippen LogP contribution is -2.41. The molecule has 1 saturated heterocycles. The van der Waals surface area contributed by atoms with Crippen LogP contribution in [0.1, 0.15) is 18.5 Å². The van der Waals surface area contributed by atoms with Gasteiger partial charge in [0.1, 0.15) is 30.6 Å². The number of nitrogens with zero attached hydrogens (tertiary/aromatic N) is 8. The lowest BCUT2D eigenvalue weighted by atomic mass is 9.97. The van der Waals surface area contributed by atoms with Crippen molar-refractivity contribution in [2.24, 2.45) is 5.92 Å². The van der Waals surface area contributed by atoms with E-state index >= 15 is 0 Å². The van der Waals surface area contributed by atoms with Crippen LogP contribution in [-0.2, 0) is 4.79 Å². The molecule has 0 aliphatic carbocycles. The first-order valence-electron chi connectivity index (χ1n) is 10.5. The van der Waals surface area contributed by atoms with Crippen molar-refractivity contribution >= 4 is 17.5 Å². The van der Waals surface area contributed by atoms with Crippen molar-refractivity contribution in [3.8, 4) is 11.5 Å². The molecular formula is C22H23N9O. The summed E-state index contributed by atoms with van der Waals surface area (Å²) in [6.45, 7) is 3.33. The summed E-state index contributed by atoms with van der Waals surface area (Å²) < 4.78 is 3.36. The monoisotopic (exact) mass is 429 g/mol. The van der Waals surface area contributed by atoms with Crippen LogP contribution in [0.4, 0.5) is 11.6 Å². The minimum atomic E-state index is -0.159. The average molecular weight is 429 g/mol. The van der Waals surface area contributed by atoms with Crippen molar-refractivity contribution in [1.29, 1.82) is 0 Å². The van der Waals surface area contributed by atoms with E-state index in [2.05, 4.69) is 35.4 Å². The Morgan fingerprint density at radius 2 is 1.94 bits per heavy atom. The van der Waals surface area contributed by atoms with Gasteiger partial charge in [-0.05, 0) is 31.9 Å². The molecule has 0 radical (unpaired) electrons. The Labute approximate surface area is 184 Å². The summed E-state index contributed by atoms with van der Waals surface area (Å²) in [4.78, 5) is 27.9. The maximum atomic E-state index is 13.2. The molecule has 1 N–H and O–H groups in total. The second kappa shape index (κ2) is 8.58. The van der Waals surface area contributed by atoms with E-state index < -0.39 is 0 Å². The minimum absolute atomic E-state index is 0.0164. The second-order valence-electron chi connectivity index (χ2n) is 7.77. The third kappa shape index (κ3) is 4.07.